The Morgan fingerprint density at radius 3 is 2.37 bits per heavy atom. The Hall–Kier alpha value is -2.53. The van der Waals surface area contributed by atoms with Gasteiger partial charge in [-0.1, -0.05) is 42.5 Å². The van der Waals surface area contributed by atoms with Crippen molar-refractivity contribution in [1.29, 1.82) is 0 Å². The normalized spacial score (nSPS) is 12.7. The summed E-state index contributed by atoms with van der Waals surface area (Å²) in [5, 5.41) is 6.74. The molecule has 5 heteroatoms. The largest absolute Gasteiger partial charge is 0.489 e. The minimum atomic E-state index is 0.0330. The summed E-state index contributed by atoms with van der Waals surface area (Å²) in [7, 11) is 5.95. The molecule has 0 aliphatic heterocycles. The molecule has 1 atom stereocenters. The van der Waals surface area contributed by atoms with E-state index in [1.807, 2.05) is 18.2 Å². The maximum atomic E-state index is 6.01. The first-order valence-electron chi connectivity index (χ1n) is 9.38. The van der Waals surface area contributed by atoms with Crippen molar-refractivity contribution in [3.05, 3.63) is 65.2 Å². The summed E-state index contributed by atoms with van der Waals surface area (Å²) in [6.07, 6.45) is 0.0330. The molecule has 2 rings (SSSR count). The molecule has 2 N–H and O–H groups in total. The van der Waals surface area contributed by atoms with E-state index in [1.165, 1.54) is 11.1 Å². The Labute approximate surface area is 163 Å². The molecule has 27 heavy (non-hydrogen) atoms. The highest BCUT2D eigenvalue weighted by atomic mass is 16.5. The van der Waals surface area contributed by atoms with Gasteiger partial charge in [-0.2, -0.15) is 0 Å². The van der Waals surface area contributed by atoms with E-state index in [9.17, 15) is 0 Å². The molecule has 1 unspecified atom stereocenters. The summed E-state index contributed by atoms with van der Waals surface area (Å²) < 4.78 is 6.01. The minimum absolute atomic E-state index is 0.0330. The van der Waals surface area contributed by atoms with Gasteiger partial charge in [0.1, 0.15) is 11.9 Å². The molecule has 0 aliphatic rings. The van der Waals surface area contributed by atoms with E-state index in [2.05, 4.69) is 78.8 Å². The summed E-state index contributed by atoms with van der Waals surface area (Å²) in [4.78, 5) is 6.50. The average molecular weight is 369 g/mol. The van der Waals surface area contributed by atoms with Crippen molar-refractivity contribution >= 4 is 5.96 Å². The lowest BCUT2D eigenvalue weighted by atomic mass is 10.1. The van der Waals surface area contributed by atoms with Crippen LogP contribution in [0, 0.1) is 6.92 Å². The molecule has 0 amide bonds. The van der Waals surface area contributed by atoms with Crippen LogP contribution >= 0.6 is 0 Å². The van der Waals surface area contributed by atoms with E-state index < -0.39 is 0 Å². The van der Waals surface area contributed by atoms with E-state index in [-0.39, 0.29) is 6.10 Å². The summed E-state index contributed by atoms with van der Waals surface area (Å²) in [5.74, 6) is 1.70. The maximum Gasteiger partial charge on any atom is 0.191 e. The van der Waals surface area contributed by atoms with E-state index in [0.717, 1.165) is 30.4 Å². The quantitative estimate of drug-likeness (QED) is 0.555. The van der Waals surface area contributed by atoms with E-state index >= 15 is 0 Å². The fraction of sp³-hybridized carbons (Fsp3) is 0.409. The molecule has 0 aliphatic carbocycles. The minimum Gasteiger partial charge on any atom is -0.489 e. The van der Waals surface area contributed by atoms with Gasteiger partial charge in [0.05, 0.1) is 6.54 Å². The lowest BCUT2D eigenvalue weighted by Gasteiger charge is -2.19. The Morgan fingerprint density at radius 2 is 1.70 bits per heavy atom. The lowest BCUT2D eigenvalue weighted by molar-refractivity contribution is 0.222. The van der Waals surface area contributed by atoms with Crippen LogP contribution in [0.2, 0.25) is 0 Å². The second-order valence-electron chi connectivity index (χ2n) is 7.01. The molecule has 0 bridgehead atoms. The van der Waals surface area contributed by atoms with Crippen molar-refractivity contribution in [1.82, 2.24) is 15.5 Å². The van der Waals surface area contributed by atoms with Crippen LogP contribution in [0.5, 0.6) is 5.75 Å². The molecule has 2 aromatic rings. The summed E-state index contributed by atoms with van der Waals surface area (Å²) in [6.45, 7) is 6.44. The molecule has 0 spiro atoms. The number of nitrogens with zero attached hydrogens (tertiary/aromatic N) is 2. The van der Waals surface area contributed by atoms with Gasteiger partial charge in [0.15, 0.2) is 5.96 Å². The number of rotatable bonds is 8. The summed E-state index contributed by atoms with van der Waals surface area (Å²) in [6, 6.07) is 16.6. The smallest absolute Gasteiger partial charge is 0.191 e. The molecule has 146 valence electrons. The Bertz CT molecular complexity index is 743. The summed E-state index contributed by atoms with van der Waals surface area (Å²) in [5.41, 5.74) is 3.74. The highest BCUT2D eigenvalue weighted by molar-refractivity contribution is 5.79. The second-order valence-corrected chi connectivity index (χ2v) is 7.01. The van der Waals surface area contributed by atoms with Gasteiger partial charge in [-0.25, -0.2) is 0 Å². The number of benzene rings is 2. The fourth-order valence-electron chi connectivity index (χ4n) is 2.81. The maximum absolute atomic E-state index is 6.01. The summed E-state index contributed by atoms with van der Waals surface area (Å²) >= 11 is 0. The van der Waals surface area contributed by atoms with Crippen molar-refractivity contribution in [2.75, 3.05) is 27.7 Å². The fourth-order valence-corrected chi connectivity index (χ4v) is 2.81. The number of hydrogen-bond acceptors (Lipinski definition) is 3. The van der Waals surface area contributed by atoms with Gasteiger partial charge in [-0.15, -0.1) is 0 Å². The van der Waals surface area contributed by atoms with Gasteiger partial charge in [0.25, 0.3) is 0 Å². The molecule has 2 aromatic carbocycles. The molecule has 0 saturated heterocycles. The van der Waals surface area contributed by atoms with Gasteiger partial charge in [-0.05, 0) is 50.7 Å². The third kappa shape index (κ3) is 6.94. The van der Waals surface area contributed by atoms with Crippen LogP contribution in [0.1, 0.15) is 23.6 Å². The molecule has 0 radical (unpaired) electrons. The van der Waals surface area contributed by atoms with Crippen molar-refractivity contribution < 1.29 is 4.74 Å². The number of aryl methyl sites for hydroxylation is 1. The van der Waals surface area contributed by atoms with E-state index in [1.54, 1.807) is 7.05 Å². The highest BCUT2D eigenvalue weighted by Crippen LogP contribution is 2.17. The highest BCUT2D eigenvalue weighted by Gasteiger charge is 2.08. The molecule has 5 nitrogen and oxygen atoms in total. The Morgan fingerprint density at radius 1 is 1.04 bits per heavy atom. The van der Waals surface area contributed by atoms with Crippen molar-refractivity contribution in [3.63, 3.8) is 0 Å². The monoisotopic (exact) mass is 368 g/mol. The third-order valence-corrected chi connectivity index (χ3v) is 4.25. The number of aliphatic imine (C=N–C) groups is 1. The van der Waals surface area contributed by atoms with Crippen LogP contribution in [-0.4, -0.2) is 44.7 Å². The Balaban J connectivity index is 1.85. The predicted octanol–water partition coefficient (Wildman–Crippen LogP) is 3.19. The van der Waals surface area contributed by atoms with Gasteiger partial charge in [-0.3, -0.25) is 4.99 Å². The molecular weight excluding hydrogens is 336 g/mol. The average Bonchev–Trinajstić information content (AvgIpc) is 2.64. The zero-order chi connectivity index (χ0) is 19.6. The van der Waals surface area contributed by atoms with Crippen molar-refractivity contribution in [3.8, 4) is 5.75 Å². The van der Waals surface area contributed by atoms with Crippen molar-refractivity contribution in [2.45, 2.75) is 33.0 Å². The van der Waals surface area contributed by atoms with E-state index in [0.29, 0.717) is 6.54 Å². The molecule has 0 heterocycles. The zero-order valence-corrected chi connectivity index (χ0v) is 17.1. The first-order valence-corrected chi connectivity index (χ1v) is 9.38. The van der Waals surface area contributed by atoms with Crippen LogP contribution in [0.3, 0.4) is 0 Å². The molecule has 0 aromatic heterocycles. The molecular formula is C22H32N4O. The topological polar surface area (TPSA) is 48.9 Å². The predicted molar refractivity (Wildman–Crippen MR) is 113 cm³/mol. The van der Waals surface area contributed by atoms with Gasteiger partial charge in [0, 0.05) is 20.1 Å². The SMILES string of the molecule is CN=C(NCc1ccccc1CN(C)C)NCC(C)Oc1ccccc1C. The van der Waals surface area contributed by atoms with Gasteiger partial charge >= 0.3 is 0 Å². The van der Waals surface area contributed by atoms with Crippen LogP contribution in [-0.2, 0) is 13.1 Å². The van der Waals surface area contributed by atoms with E-state index in [4.69, 9.17) is 4.74 Å². The number of para-hydroxylation sites is 1. The van der Waals surface area contributed by atoms with Crippen LogP contribution in [0.4, 0.5) is 0 Å². The van der Waals surface area contributed by atoms with Crippen LogP contribution < -0.4 is 15.4 Å². The standard InChI is InChI=1S/C22H32N4O/c1-17-10-6-9-13-21(17)27-18(2)14-24-22(23-3)25-15-19-11-7-8-12-20(19)16-26(4)5/h6-13,18H,14-16H2,1-5H3,(H2,23,24,25). The number of nitrogens with one attached hydrogen (secondary N) is 2. The second kappa shape index (κ2) is 10.6. The number of ether oxygens (including phenoxy) is 1. The number of hydrogen-bond donors (Lipinski definition) is 2. The number of guanidine groups is 1. The first kappa shape index (κ1) is 20.8. The van der Waals surface area contributed by atoms with Crippen LogP contribution in [0.15, 0.2) is 53.5 Å². The molecule has 0 fully saturated rings. The third-order valence-electron chi connectivity index (χ3n) is 4.25. The van der Waals surface area contributed by atoms with Crippen molar-refractivity contribution in [2.24, 2.45) is 4.99 Å². The lowest BCUT2D eigenvalue weighted by Crippen LogP contribution is -2.41. The van der Waals surface area contributed by atoms with Gasteiger partial charge < -0.3 is 20.3 Å². The Kier molecular flexibility index (Phi) is 8.14. The van der Waals surface area contributed by atoms with Crippen LogP contribution in [0.25, 0.3) is 0 Å². The molecule has 0 saturated carbocycles. The van der Waals surface area contributed by atoms with Gasteiger partial charge in [0.2, 0.25) is 0 Å². The first-order chi connectivity index (χ1) is 13.0. The zero-order valence-electron chi connectivity index (χ0n) is 17.1.